The molecule has 0 spiro atoms. The summed E-state index contributed by atoms with van der Waals surface area (Å²) in [7, 11) is 3.90. The van der Waals surface area contributed by atoms with E-state index in [2.05, 4.69) is 17.3 Å². The molecule has 0 aliphatic carbocycles. The van der Waals surface area contributed by atoms with Crippen molar-refractivity contribution in [1.82, 2.24) is 20.0 Å². The third-order valence-corrected chi connectivity index (χ3v) is 8.36. The van der Waals surface area contributed by atoms with Crippen molar-refractivity contribution < 1.29 is 19.1 Å². The number of hydrogen-bond donors (Lipinski definition) is 1. The van der Waals surface area contributed by atoms with E-state index < -0.39 is 23.7 Å². The first kappa shape index (κ1) is 27.8. The van der Waals surface area contributed by atoms with Gasteiger partial charge in [-0.1, -0.05) is 74.5 Å². The molecule has 1 N–H and O–H groups in total. The van der Waals surface area contributed by atoms with Crippen LogP contribution in [0.2, 0.25) is 0 Å². The number of nitrogens with one attached hydrogen (secondary N) is 1. The maximum absolute atomic E-state index is 13.6. The fourth-order valence-electron chi connectivity index (χ4n) is 5.65. The molecule has 1 atom stereocenters. The summed E-state index contributed by atoms with van der Waals surface area (Å²) in [5.41, 5.74) is 0.993. The van der Waals surface area contributed by atoms with Crippen LogP contribution in [0.1, 0.15) is 56.7 Å². The lowest BCUT2D eigenvalue weighted by molar-refractivity contribution is -0.212. The first-order chi connectivity index (χ1) is 18.3. The van der Waals surface area contributed by atoms with E-state index in [1.807, 2.05) is 81.6 Å². The summed E-state index contributed by atoms with van der Waals surface area (Å²) >= 11 is 0. The number of nitrogens with zero attached hydrogens (tertiary/aromatic N) is 3. The Labute approximate surface area is 225 Å². The summed E-state index contributed by atoms with van der Waals surface area (Å²) < 4.78 is 6.11. The second-order valence-corrected chi connectivity index (χ2v) is 10.4. The molecule has 2 aromatic carbocycles. The van der Waals surface area contributed by atoms with Crippen molar-refractivity contribution in [2.75, 3.05) is 33.8 Å². The van der Waals surface area contributed by atoms with Crippen LogP contribution < -0.4 is 5.32 Å². The van der Waals surface area contributed by atoms with Crippen molar-refractivity contribution in [3.63, 3.8) is 0 Å². The van der Waals surface area contributed by atoms with Gasteiger partial charge in [-0.15, -0.1) is 0 Å². The molecule has 2 aliphatic rings. The van der Waals surface area contributed by atoms with E-state index in [1.54, 1.807) is 4.90 Å². The van der Waals surface area contributed by atoms with E-state index in [0.29, 0.717) is 12.8 Å². The van der Waals surface area contributed by atoms with Gasteiger partial charge in [0, 0.05) is 13.1 Å². The van der Waals surface area contributed by atoms with Crippen molar-refractivity contribution >= 4 is 17.8 Å². The second kappa shape index (κ2) is 12.1. The molecular formula is C30H40N4O4. The Kier molecular flexibility index (Phi) is 8.84. The summed E-state index contributed by atoms with van der Waals surface area (Å²) in [5.74, 6) is -0.396. The highest BCUT2D eigenvalue weighted by molar-refractivity contribution is 6.03. The number of urea groups is 1. The summed E-state index contributed by atoms with van der Waals surface area (Å²) in [6.07, 6.45) is 2.09. The number of benzene rings is 2. The topological polar surface area (TPSA) is 82.2 Å². The molecule has 0 aromatic heterocycles. The molecule has 204 valence electrons. The molecule has 0 saturated carbocycles. The number of likely N-dealkylation sites (tertiary alicyclic amines) is 2. The molecule has 2 aromatic rings. The molecule has 2 fully saturated rings. The van der Waals surface area contributed by atoms with Crippen LogP contribution in [0, 0.1) is 5.41 Å². The van der Waals surface area contributed by atoms with Gasteiger partial charge in [-0.3, -0.25) is 9.59 Å². The predicted octanol–water partition coefficient (Wildman–Crippen LogP) is 4.03. The van der Waals surface area contributed by atoms with Crippen LogP contribution in [-0.2, 0) is 14.3 Å². The lowest BCUT2D eigenvalue weighted by Gasteiger charge is -2.53. The zero-order valence-corrected chi connectivity index (χ0v) is 22.9. The van der Waals surface area contributed by atoms with Crippen molar-refractivity contribution in [3.8, 4) is 0 Å². The van der Waals surface area contributed by atoms with Gasteiger partial charge in [-0.05, 0) is 56.9 Å². The lowest BCUT2D eigenvalue weighted by Crippen LogP contribution is -2.73. The minimum Gasteiger partial charge on any atom is -0.347 e. The van der Waals surface area contributed by atoms with Crippen molar-refractivity contribution in [1.29, 1.82) is 0 Å². The molecule has 4 rings (SSSR count). The normalized spacial score (nSPS) is 19.8. The number of amides is 4. The van der Waals surface area contributed by atoms with Gasteiger partial charge in [0.25, 0.3) is 0 Å². The Bertz CT molecular complexity index is 1060. The largest absolute Gasteiger partial charge is 0.347 e. The van der Waals surface area contributed by atoms with Crippen LogP contribution >= 0.6 is 0 Å². The van der Waals surface area contributed by atoms with E-state index >= 15 is 0 Å². The molecule has 2 saturated heterocycles. The summed E-state index contributed by atoms with van der Waals surface area (Å²) in [6.45, 7) is 5.58. The Balaban J connectivity index is 1.49. The molecule has 0 radical (unpaired) electrons. The van der Waals surface area contributed by atoms with Gasteiger partial charge in [0.15, 0.2) is 6.23 Å². The standard InChI is InChI=1S/C30H40N4O4/c1-5-30(6-2)27(36)34(28(30)38-21-25(35)33(4)24-17-19-32(3)20-18-24)29(37)31-26(22-13-9-7-10-14-22)23-15-11-8-12-16-23/h7-16,24,26,28H,5-6,17-21H2,1-4H3,(H,31,37). The van der Waals surface area contributed by atoms with Crippen LogP contribution in [-0.4, -0.2) is 78.6 Å². The Hall–Kier alpha value is -3.23. The number of ether oxygens (including phenoxy) is 1. The third kappa shape index (κ3) is 5.47. The maximum atomic E-state index is 13.6. The first-order valence-corrected chi connectivity index (χ1v) is 13.6. The number of carbonyl (C=O) groups excluding carboxylic acids is 3. The van der Waals surface area contributed by atoms with Crippen molar-refractivity contribution in [2.45, 2.75) is 57.8 Å². The Morgan fingerprint density at radius 1 is 1.00 bits per heavy atom. The zero-order valence-electron chi connectivity index (χ0n) is 22.9. The van der Waals surface area contributed by atoms with Crippen LogP contribution in [0.15, 0.2) is 60.7 Å². The van der Waals surface area contributed by atoms with E-state index in [1.165, 1.54) is 0 Å². The molecule has 8 nitrogen and oxygen atoms in total. The number of rotatable bonds is 9. The Morgan fingerprint density at radius 3 is 2.03 bits per heavy atom. The fraction of sp³-hybridized carbons (Fsp3) is 0.500. The van der Waals surface area contributed by atoms with E-state index in [0.717, 1.165) is 42.0 Å². The number of likely N-dealkylation sites (N-methyl/N-ethyl adjacent to an activating group) is 1. The molecule has 2 aliphatic heterocycles. The Morgan fingerprint density at radius 2 is 1.53 bits per heavy atom. The molecule has 4 amide bonds. The highest BCUT2D eigenvalue weighted by atomic mass is 16.5. The molecular weight excluding hydrogens is 480 g/mol. The average Bonchev–Trinajstić information content (AvgIpc) is 2.95. The smallest absolute Gasteiger partial charge is 0.327 e. The van der Waals surface area contributed by atoms with Gasteiger partial charge in [0.1, 0.15) is 6.61 Å². The van der Waals surface area contributed by atoms with Crippen molar-refractivity contribution in [3.05, 3.63) is 71.8 Å². The SMILES string of the molecule is CCC1(CC)C(=O)N(C(=O)NC(c2ccccc2)c2ccccc2)C1OCC(=O)N(C)C1CCN(C)CC1. The monoisotopic (exact) mass is 520 g/mol. The van der Waals surface area contributed by atoms with E-state index in [4.69, 9.17) is 4.74 Å². The number of piperidine rings is 1. The number of imide groups is 1. The van der Waals surface area contributed by atoms with Crippen molar-refractivity contribution in [2.24, 2.45) is 5.41 Å². The predicted molar refractivity (Wildman–Crippen MR) is 146 cm³/mol. The van der Waals surface area contributed by atoms with Gasteiger partial charge < -0.3 is 19.9 Å². The van der Waals surface area contributed by atoms with E-state index in [-0.39, 0.29) is 24.5 Å². The highest BCUT2D eigenvalue weighted by Crippen LogP contribution is 2.46. The van der Waals surface area contributed by atoms with Crippen LogP contribution in [0.3, 0.4) is 0 Å². The van der Waals surface area contributed by atoms with E-state index in [9.17, 15) is 14.4 Å². The highest BCUT2D eigenvalue weighted by Gasteiger charge is 2.62. The molecule has 8 heteroatoms. The quantitative estimate of drug-likeness (QED) is 0.505. The van der Waals surface area contributed by atoms with Crippen LogP contribution in [0.5, 0.6) is 0 Å². The average molecular weight is 521 g/mol. The van der Waals surface area contributed by atoms with Gasteiger partial charge in [0.2, 0.25) is 11.8 Å². The molecule has 1 unspecified atom stereocenters. The number of β-lactam (4-membered cyclic amide) rings is 1. The van der Waals surface area contributed by atoms with Gasteiger partial charge in [0.05, 0.1) is 11.5 Å². The maximum Gasteiger partial charge on any atom is 0.327 e. The molecule has 0 bridgehead atoms. The summed E-state index contributed by atoms with van der Waals surface area (Å²) in [4.78, 5) is 45.2. The number of carbonyl (C=O) groups is 3. The van der Waals surface area contributed by atoms with Gasteiger partial charge in [-0.25, -0.2) is 9.69 Å². The molecule has 38 heavy (non-hydrogen) atoms. The fourth-order valence-corrected chi connectivity index (χ4v) is 5.65. The summed E-state index contributed by atoms with van der Waals surface area (Å²) in [5, 5.41) is 3.05. The third-order valence-electron chi connectivity index (χ3n) is 8.36. The molecule has 2 heterocycles. The number of hydrogen-bond acceptors (Lipinski definition) is 5. The van der Waals surface area contributed by atoms with Crippen LogP contribution in [0.4, 0.5) is 4.79 Å². The minimum atomic E-state index is -0.821. The minimum absolute atomic E-state index is 0.133. The van der Waals surface area contributed by atoms with Gasteiger partial charge in [-0.2, -0.15) is 0 Å². The van der Waals surface area contributed by atoms with Gasteiger partial charge >= 0.3 is 6.03 Å². The summed E-state index contributed by atoms with van der Waals surface area (Å²) in [6, 6.07) is 18.5. The zero-order chi connectivity index (χ0) is 27.3. The first-order valence-electron chi connectivity index (χ1n) is 13.6. The second-order valence-electron chi connectivity index (χ2n) is 10.4. The lowest BCUT2D eigenvalue weighted by atomic mass is 9.72. The van der Waals surface area contributed by atoms with Crippen LogP contribution in [0.25, 0.3) is 0 Å².